The van der Waals surface area contributed by atoms with Crippen molar-refractivity contribution < 1.29 is 23.1 Å². The third-order valence-corrected chi connectivity index (χ3v) is 8.35. The lowest BCUT2D eigenvalue weighted by Crippen LogP contribution is -2.42. The minimum absolute atomic E-state index is 0.0196. The molecule has 1 atom stereocenters. The molecule has 218 valence electrons. The van der Waals surface area contributed by atoms with Gasteiger partial charge in [-0.3, -0.25) is 14.5 Å². The molecule has 7 nitrogen and oxygen atoms in total. The predicted molar refractivity (Wildman–Crippen MR) is 161 cm³/mol. The molecule has 4 aromatic rings. The fraction of sp³-hybridized carbons (Fsp3) is 0.281. The highest BCUT2D eigenvalue weighted by molar-refractivity contribution is 8.00. The molecule has 0 radical (unpaired) electrons. The number of aryl methyl sites for hydroxylation is 2. The van der Waals surface area contributed by atoms with E-state index in [2.05, 4.69) is 5.32 Å². The first-order valence-electron chi connectivity index (χ1n) is 13.7. The molecule has 2 heterocycles. The van der Waals surface area contributed by atoms with Gasteiger partial charge < -0.3 is 10.1 Å². The monoisotopic (exact) mass is 590 g/mol. The Labute approximate surface area is 247 Å². The summed E-state index contributed by atoms with van der Waals surface area (Å²) in [6.45, 7) is 4.59. The average molecular weight is 591 g/mol. The van der Waals surface area contributed by atoms with E-state index in [-0.39, 0.29) is 29.7 Å². The summed E-state index contributed by atoms with van der Waals surface area (Å²) < 4.78 is 36.1. The van der Waals surface area contributed by atoms with Crippen LogP contribution in [-0.2, 0) is 14.3 Å². The molecule has 2 amide bonds. The van der Waals surface area contributed by atoms with Crippen LogP contribution in [0, 0.1) is 25.5 Å². The first-order chi connectivity index (χ1) is 20.3. The summed E-state index contributed by atoms with van der Waals surface area (Å²) in [5.74, 6) is -1.69. The van der Waals surface area contributed by atoms with Crippen molar-refractivity contribution in [2.24, 2.45) is 0 Å². The molecule has 0 aliphatic carbocycles. The van der Waals surface area contributed by atoms with Crippen LogP contribution >= 0.6 is 11.8 Å². The Kier molecular flexibility index (Phi) is 9.03. The van der Waals surface area contributed by atoms with Crippen LogP contribution < -0.4 is 10.2 Å². The van der Waals surface area contributed by atoms with Gasteiger partial charge in [0, 0.05) is 43.0 Å². The highest BCUT2D eigenvalue weighted by atomic mass is 32.2. The number of nitrogens with zero attached hydrogens (tertiary/aromatic N) is 3. The van der Waals surface area contributed by atoms with Crippen LogP contribution in [0.15, 0.2) is 66.7 Å². The molecule has 5 rings (SSSR count). The molecule has 1 aliphatic rings. The standard InChI is InChI=1S/C32H32F2N4O3S/c1-20-10-13-26(21(2)16-20)38-32-29(30(36-38)22-8-5-4-6-9-22)31(24-12-11-23(33)17-25(24)34)42-19-28(40)37(32)18-27(39)35-14-7-15-41-3/h4-6,8-13,16-17,31H,7,14-15,18-19H2,1-3H3,(H,35,39)/t31-/m0/s1. The molecule has 1 aromatic heterocycles. The summed E-state index contributed by atoms with van der Waals surface area (Å²) in [6.07, 6.45) is 0.627. The van der Waals surface area contributed by atoms with Crippen LogP contribution in [0.25, 0.3) is 16.9 Å². The quantitative estimate of drug-likeness (QED) is 0.251. The van der Waals surface area contributed by atoms with Crippen LogP contribution in [0.1, 0.15) is 33.9 Å². The fourth-order valence-corrected chi connectivity index (χ4v) is 6.36. The second-order valence-corrected chi connectivity index (χ2v) is 11.3. The normalized spacial score (nSPS) is 14.9. The van der Waals surface area contributed by atoms with E-state index in [0.717, 1.165) is 28.4 Å². The van der Waals surface area contributed by atoms with Crippen molar-refractivity contribution in [2.75, 3.05) is 37.5 Å². The van der Waals surface area contributed by atoms with Crippen LogP contribution in [0.5, 0.6) is 0 Å². The maximum atomic E-state index is 15.4. The maximum absolute atomic E-state index is 15.4. The molecule has 0 bridgehead atoms. The van der Waals surface area contributed by atoms with Gasteiger partial charge in [-0.2, -0.15) is 5.10 Å². The van der Waals surface area contributed by atoms with E-state index in [0.29, 0.717) is 36.6 Å². The van der Waals surface area contributed by atoms with Gasteiger partial charge >= 0.3 is 0 Å². The van der Waals surface area contributed by atoms with E-state index in [9.17, 15) is 14.0 Å². The van der Waals surface area contributed by atoms with Gasteiger partial charge in [0.1, 0.15) is 24.0 Å². The highest BCUT2D eigenvalue weighted by Crippen LogP contribution is 2.49. The number of methoxy groups -OCH3 is 1. The predicted octanol–water partition coefficient (Wildman–Crippen LogP) is 5.76. The molecule has 0 unspecified atom stereocenters. The SMILES string of the molecule is COCCCNC(=O)CN1C(=O)CS[C@@H](c2ccc(F)cc2F)c2c(-c3ccccc3)nn(-c3ccc(C)cc3C)c21. The van der Waals surface area contributed by atoms with Gasteiger partial charge in [-0.05, 0) is 38.0 Å². The Morgan fingerprint density at radius 3 is 2.60 bits per heavy atom. The number of nitrogens with one attached hydrogen (secondary N) is 1. The Morgan fingerprint density at radius 1 is 1.10 bits per heavy atom. The summed E-state index contributed by atoms with van der Waals surface area (Å²) >= 11 is 1.23. The summed E-state index contributed by atoms with van der Waals surface area (Å²) in [5.41, 5.74) is 4.83. The van der Waals surface area contributed by atoms with Crippen LogP contribution in [-0.4, -0.2) is 54.2 Å². The van der Waals surface area contributed by atoms with Gasteiger partial charge in [-0.25, -0.2) is 13.5 Å². The fourth-order valence-electron chi connectivity index (χ4n) is 5.14. The average Bonchev–Trinajstić information content (AvgIpc) is 3.28. The zero-order valence-electron chi connectivity index (χ0n) is 23.7. The smallest absolute Gasteiger partial charge is 0.240 e. The molecule has 0 saturated carbocycles. The number of fused-ring (bicyclic) bond motifs is 1. The van der Waals surface area contributed by atoms with Crippen LogP contribution in [0.3, 0.4) is 0 Å². The lowest BCUT2D eigenvalue weighted by Gasteiger charge is -2.24. The van der Waals surface area contributed by atoms with Crippen molar-refractivity contribution in [3.8, 4) is 16.9 Å². The number of hydrogen-bond donors (Lipinski definition) is 1. The topological polar surface area (TPSA) is 76.5 Å². The number of amides is 2. The van der Waals surface area contributed by atoms with Crippen LogP contribution in [0.4, 0.5) is 14.6 Å². The molecule has 42 heavy (non-hydrogen) atoms. The van der Waals surface area contributed by atoms with E-state index in [1.165, 1.54) is 28.8 Å². The van der Waals surface area contributed by atoms with Crippen molar-refractivity contribution in [1.29, 1.82) is 0 Å². The molecule has 1 N–H and O–H groups in total. The first-order valence-corrected chi connectivity index (χ1v) is 14.7. The zero-order valence-corrected chi connectivity index (χ0v) is 24.5. The molecule has 0 fully saturated rings. The number of anilines is 1. The largest absolute Gasteiger partial charge is 0.385 e. The van der Waals surface area contributed by atoms with Gasteiger partial charge in [0.05, 0.1) is 22.4 Å². The number of halogens is 2. The number of thioether (sulfide) groups is 1. The van der Waals surface area contributed by atoms with Crippen molar-refractivity contribution in [3.05, 3.63) is 101 Å². The highest BCUT2D eigenvalue weighted by Gasteiger charge is 2.38. The lowest BCUT2D eigenvalue weighted by molar-refractivity contribution is -0.122. The number of benzene rings is 3. The van der Waals surface area contributed by atoms with E-state index in [1.54, 1.807) is 11.8 Å². The third kappa shape index (κ3) is 6.10. The third-order valence-electron chi connectivity index (χ3n) is 7.11. The summed E-state index contributed by atoms with van der Waals surface area (Å²) in [5, 5.41) is 7.19. The molecule has 3 aromatic carbocycles. The van der Waals surface area contributed by atoms with Gasteiger partial charge in [-0.15, -0.1) is 11.8 Å². The van der Waals surface area contributed by atoms with E-state index >= 15 is 4.39 Å². The Bertz CT molecular complexity index is 1610. The molecule has 10 heteroatoms. The Morgan fingerprint density at radius 2 is 1.88 bits per heavy atom. The van der Waals surface area contributed by atoms with Gasteiger partial charge in [0.25, 0.3) is 0 Å². The van der Waals surface area contributed by atoms with Gasteiger partial charge in [0.15, 0.2) is 0 Å². The minimum Gasteiger partial charge on any atom is -0.385 e. The Balaban J connectivity index is 1.75. The number of hydrogen-bond acceptors (Lipinski definition) is 5. The van der Waals surface area contributed by atoms with Crippen molar-refractivity contribution >= 4 is 29.4 Å². The van der Waals surface area contributed by atoms with Crippen molar-refractivity contribution in [2.45, 2.75) is 25.5 Å². The second kappa shape index (κ2) is 12.9. The summed E-state index contributed by atoms with van der Waals surface area (Å²) in [7, 11) is 1.59. The minimum atomic E-state index is -0.714. The number of aromatic nitrogens is 2. The lowest BCUT2D eigenvalue weighted by atomic mass is 9.99. The number of carbonyl (C=O) groups excluding carboxylic acids is 2. The number of ether oxygens (including phenoxy) is 1. The maximum Gasteiger partial charge on any atom is 0.240 e. The number of carbonyl (C=O) groups is 2. The zero-order chi connectivity index (χ0) is 29.8. The molecule has 0 spiro atoms. The van der Waals surface area contributed by atoms with Crippen molar-refractivity contribution in [3.63, 3.8) is 0 Å². The van der Waals surface area contributed by atoms with Crippen LogP contribution in [0.2, 0.25) is 0 Å². The molecule has 1 aliphatic heterocycles. The summed E-state index contributed by atoms with van der Waals surface area (Å²) in [6, 6.07) is 18.8. The molecular formula is C32H32F2N4O3S. The van der Waals surface area contributed by atoms with Gasteiger partial charge in [0.2, 0.25) is 11.8 Å². The first kappa shape index (κ1) is 29.5. The van der Waals surface area contributed by atoms with E-state index in [4.69, 9.17) is 9.84 Å². The summed E-state index contributed by atoms with van der Waals surface area (Å²) in [4.78, 5) is 28.4. The molecule has 0 saturated heterocycles. The van der Waals surface area contributed by atoms with Gasteiger partial charge in [-0.1, -0.05) is 54.1 Å². The van der Waals surface area contributed by atoms with Crippen molar-refractivity contribution in [1.82, 2.24) is 15.1 Å². The second-order valence-electron chi connectivity index (χ2n) is 10.2. The number of rotatable bonds is 9. The van der Waals surface area contributed by atoms with E-state index in [1.807, 2.05) is 62.4 Å². The molecular weight excluding hydrogens is 558 g/mol. The van der Waals surface area contributed by atoms with E-state index < -0.39 is 16.9 Å². The Hall–Kier alpha value is -4.02.